The van der Waals surface area contributed by atoms with Gasteiger partial charge in [-0.1, -0.05) is 23.5 Å². The summed E-state index contributed by atoms with van der Waals surface area (Å²) in [5, 5.41) is 1.42. The molecule has 0 unspecified atom stereocenters. The van der Waals surface area contributed by atoms with Gasteiger partial charge in [-0.05, 0) is 123 Å². The fourth-order valence-corrected chi connectivity index (χ4v) is 7.11. The minimum absolute atomic E-state index is 0.0149. The van der Waals surface area contributed by atoms with Gasteiger partial charge in [-0.3, -0.25) is 0 Å². The summed E-state index contributed by atoms with van der Waals surface area (Å²) in [4.78, 5) is 12.7. The van der Waals surface area contributed by atoms with Gasteiger partial charge in [0.2, 0.25) is 0 Å². The summed E-state index contributed by atoms with van der Waals surface area (Å²) in [5.74, 6) is 2.34. The zero-order chi connectivity index (χ0) is 25.1. The monoisotopic (exact) mass is 506 g/mol. The van der Waals surface area contributed by atoms with E-state index in [1.54, 1.807) is 12.1 Å². The standard InChI is InChI=1S/C31H35FO3S/c1-3-20-5-7-21(8-6-20)22-9-11-23(12-10-22)24-14-16-27(28(32)17-24)31(33)35-30-18-25-13-15-26(34-4-2)19-29(25)36-30/h3,13-23H,1,4-12H2,2H3. The van der Waals surface area contributed by atoms with Crippen LogP contribution in [0.25, 0.3) is 10.1 Å². The Morgan fingerprint density at radius 2 is 1.72 bits per heavy atom. The Hall–Kier alpha value is -2.66. The van der Waals surface area contributed by atoms with Gasteiger partial charge in [0, 0.05) is 10.8 Å². The van der Waals surface area contributed by atoms with Crippen molar-refractivity contribution < 1.29 is 18.7 Å². The van der Waals surface area contributed by atoms with Crippen LogP contribution in [-0.4, -0.2) is 12.6 Å². The van der Waals surface area contributed by atoms with Crippen LogP contribution < -0.4 is 9.47 Å². The quantitative estimate of drug-likeness (QED) is 0.237. The molecule has 2 fully saturated rings. The highest BCUT2D eigenvalue weighted by Gasteiger charge is 2.31. The van der Waals surface area contributed by atoms with Gasteiger partial charge in [0.25, 0.3) is 0 Å². The number of rotatable bonds is 7. The van der Waals surface area contributed by atoms with Gasteiger partial charge in [0.05, 0.1) is 12.2 Å². The smallest absolute Gasteiger partial charge is 0.347 e. The highest BCUT2D eigenvalue weighted by atomic mass is 32.1. The van der Waals surface area contributed by atoms with E-state index in [9.17, 15) is 4.79 Å². The van der Waals surface area contributed by atoms with Gasteiger partial charge in [-0.15, -0.1) is 6.58 Å². The van der Waals surface area contributed by atoms with Gasteiger partial charge in [0.1, 0.15) is 11.6 Å². The summed E-state index contributed by atoms with van der Waals surface area (Å²) in [7, 11) is 0. The molecule has 5 heteroatoms. The maximum Gasteiger partial charge on any atom is 0.347 e. The molecule has 190 valence electrons. The lowest BCUT2D eigenvalue weighted by Gasteiger charge is -2.37. The van der Waals surface area contributed by atoms with Crippen LogP contribution in [0.2, 0.25) is 0 Å². The minimum Gasteiger partial charge on any atom is -0.494 e. The van der Waals surface area contributed by atoms with E-state index in [1.807, 2.05) is 37.3 Å². The first kappa shape index (κ1) is 25.0. The molecule has 1 aromatic heterocycles. The van der Waals surface area contributed by atoms with Crippen molar-refractivity contribution in [2.24, 2.45) is 17.8 Å². The second-order valence-corrected chi connectivity index (χ2v) is 11.4. The van der Waals surface area contributed by atoms with E-state index in [2.05, 4.69) is 12.7 Å². The molecule has 0 amide bonds. The van der Waals surface area contributed by atoms with Gasteiger partial charge in [0.15, 0.2) is 5.06 Å². The van der Waals surface area contributed by atoms with Crippen molar-refractivity contribution >= 4 is 27.4 Å². The zero-order valence-electron chi connectivity index (χ0n) is 21.0. The molecule has 0 saturated heterocycles. The normalized spacial score (nSPS) is 24.4. The first-order chi connectivity index (χ1) is 17.5. The molecule has 0 radical (unpaired) electrons. The first-order valence-electron chi connectivity index (χ1n) is 13.3. The van der Waals surface area contributed by atoms with Crippen molar-refractivity contribution in [1.82, 2.24) is 0 Å². The fourth-order valence-electron chi connectivity index (χ4n) is 6.17. The Labute approximate surface area is 217 Å². The molecule has 3 nitrogen and oxygen atoms in total. The maximum atomic E-state index is 15.0. The van der Waals surface area contributed by atoms with Crippen molar-refractivity contribution in [2.45, 2.75) is 64.2 Å². The van der Waals surface area contributed by atoms with Crippen LogP contribution in [0.1, 0.15) is 80.1 Å². The number of fused-ring (bicyclic) bond motifs is 1. The molecular weight excluding hydrogens is 471 g/mol. The van der Waals surface area contributed by atoms with Crippen LogP contribution in [-0.2, 0) is 0 Å². The number of carbonyl (C=O) groups is 1. The Bertz CT molecular complexity index is 1220. The number of ether oxygens (including phenoxy) is 2. The number of hydrogen-bond donors (Lipinski definition) is 0. The lowest BCUT2D eigenvalue weighted by molar-refractivity contribution is 0.0736. The number of thiophene rings is 1. The molecule has 0 N–H and O–H groups in total. The summed E-state index contributed by atoms with van der Waals surface area (Å²) in [6, 6.07) is 12.6. The van der Waals surface area contributed by atoms with E-state index in [4.69, 9.17) is 9.47 Å². The average molecular weight is 507 g/mol. The number of hydrogen-bond acceptors (Lipinski definition) is 4. The van der Waals surface area contributed by atoms with Crippen LogP contribution in [0.4, 0.5) is 4.39 Å². The second-order valence-electron chi connectivity index (χ2n) is 10.3. The summed E-state index contributed by atoms with van der Waals surface area (Å²) in [5.41, 5.74) is 0.988. The predicted octanol–water partition coefficient (Wildman–Crippen LogP) is 8.92. The average Bonchev–Trinajstić information content (AvgIpc) is 3.30. The van der Waals surface area contributed by atoms with E-state index < -0.39 is 11.8 Å². The van der Waals surface area contributed by atoms with E-state index in [0.717, 1.165) is 46.1 Å². The summed E-state index contributed by atoms with van der Waals surface area (Å²) in [6.07, 6.45) is 12.0. The molecule has 2 aromatic carbocycles. The Kier molecular flexibility index (Phi) is 7.76. The fraction of sp³-hybridized carbons (Fsp3) is 0.452. The SMILES string of the molecule is C=CC1CCC(C2CCC(c3ccc(C(=O)Oc4cc5ccc(OCC)cc5s4)c(F)c3)CC2)CC1. The van der Waals surface area contributed by atoms with Gasteiger partial charge in [-0.2, -0.15) is 0 Å². The van der Waals surface area contributed by atoms with Crippen LogP contribution >= 0.6 is 11.3 Å². The summed E-state index contributed by atoms with van der Waals surface area (Å²) < 4.78 is 27.1. The van der Waals surface area contributed by atoms with Crippen LogP contribution in [0.5, 0.6) is 10.8 Å². The second kappa shape index (κ2) is 11.2. The largest absolute Gasteiger partial charge is 0.494 e. The third kappa shape index (κ3) is 5.51. The molecule has 0 atom stereocenters. The predicted molar refractivity (Wildman–Crippen MR) is 145 cm³/mol. The van der Waals surface area contributed by atoms with Crippen molar-refractivity contribution in [2.75, 3.05) is 6.61 Å². The van der Waals surface area contributed by atoms with Gasteiger partial charge < -0.3 is 9.47 Å². The third-order valence-corrected chi connectivity index (χ3v) is 9.22. The Balaban J connectivity index is 1.19. The van der Waals surface area contributed by atoms with Crippen molar-refractivity contribution in [3.8, 4) is 10.8 Å². The molecule has 1 heterocycles. The number of esters is 1. The summed E-state index contributed by atoms with van der Waals surface area (Å²) >= 11 is 1.35. The molecule has 2 saturated carbocycles. The molecule has 3 aromatic rings. The van der Waals surface area contributed by atoms with Crippen LogP contribution in [0, 0.1) is 23.6 Å². The van der Waals surface area contributed by atoms with Crippen molar-refractivity contribution in [1.29, 1.82) is 0 Å². The highest BCUT2D eigenvalue weighted by molar-refractivity contribution is 7.20. The van der Waals surface area contributed by atoms with Crippen molar-refractivity contribution in [3.05, 3.63) is 72.1 Å². The number of allylic oxidation sites excluding steroid dienone is 1. The Morgan fingerprint density at radius 3 is 2.39 bits per heavy atom. The van der Waals surface area contributed by atoms with Crippen LogP contribution in [0.15, 0.2) is 55.1 Å². The molecule has 0 aliphatic heterocycles. The first-order valence-corrected chi connectivity index (χ1v) is 14.2. The lowest BCUT2D eigenvalue weighted by atomic mass is 9.68. The molecule has 2 aliphatic carbocycles. The van der Waals surface area contributed by atoms with E-state index in [-0.39, 0.29) is 5.56 Å². The van der Waals surface area contributed by atoms with E-state index >= 15 is 4.39 Å². The van der Waals surface area contributed by atoms with Crippen LogP contribution in [0.3, 0.4) is 0 Å². The Morgan fingerprint density at radius 1 is 1.00 bits per heavy atom. The highest BCUT2D eigenvalue weighted by Crippen LogP contribution is 2.44. The van der Waals surface area contributed by atoms with E-state index in [0.29, 0.717) is 23.5 Å². The molecule has 5 rings (SSSR count). The summed E-state index contributed by atoms with van der Waals surface area (Å²) in [6.45, 7) is 6.49. The topological polar surface area (TPSA) is 35.5 Å². The molecule has 2 aliphatic rings. The number of halogens is 1. The molecule has 0 bridgehead atoms. The van der Waals surface area contributed by atoms with Gasteiger partial charge in [-0.25, -0.2) is 9.18 Å². The van der Waals surface area contributed by atoms with Crippen molar-refractivity contribution in [3.63, 3.8) is 0 Å². The molecule has 0 spiro atoms. The molecule has 36 heavy (non-hydrogen) atoms. The third-order valence-electron chi connectivity index (χ3n) is 8.25. The number of benzene rings is 2. The zero-order valence-corrected chi connectivity index (χ0v) is 21.8. The molecular formula is C31H35FO3S. The van der Waals surface area contributed by atoms with E-state index in [1.165, 1.54) is 49.9 Å². The van der Waals surface area contributed by atoms with Gasteiger partial charge >= 0.3 is 5.97 Å². The lowest BCUT2D eigenvalue weighted by Crippen LogP contribution is -2.25. The number of carbonyl (C=O) groups excluding carboxylic acids is 1. The minimum atomic E-state index is -0.658. The maximum absolute atomic E-state index is 15.0.